The number of aryl methyl sites for hydroxylation is 1. The maximum absolute atomic E-state index is 11.8. The minimum absolute atomic E-state index is 0.178. The van der Waals surface area contributed by atoms with Gasteiger partial charge in [0.1, 0.15) is 5.78 Å². The van der Waals surface area contributed by atoms with E-state index in [4.69, 9.17) is 9.47 Å². The number of methoxy groups -OCH3 is 2. The number of rotatable bonds is 2. The molecule has 1 fully saturated rings. The Morgan fingerprint density at radius 1 is 1.05 bits per heavy atom. The van der Waals surface area contributed by atoms with Crippen LogP contribution in [0.1, 0.15) is 36.8 Å². The molecule has 0 aliphatic heterocycles. The molecule has 1 aromatic rings. The highest BCUT2D eigenvalue weighted by Crippen LogP contribution is 2.43. The highest BCUT2D eigenvalue weighted by Gasteiger charge is 2.43. The fourth-order valence-corrected chi connectivity index (χ4v) is 3.82. The van der Waals surface area contributed by atoms with Crippen LogP contribution in [0, 0.1) is 5.92 Å². The second kappa shape index (κ2) is 5.34. The van der Waals surface area contributed by atoms with Gasteiger partial charge in [-0.1, -0.05) is 0 Å². The lowest BCUT2D eigenvalue weighted by Gasteiger charge is -2.38. The smallest absolute Gasteiger partial charge is 0.161 e. The summed E-state index contributed by atoms with van der Waals surface area (Å²) in [4.78, 5) is 11.8. The minimum Gasteiger partial charge on any atom is -0.493 e. The molecule has 0 spiro atoms. The van der Waals surface area contributed by atoms with Crippen molar-refractivity contribution in [3.05, 3.63) is 23.3 Å². The van der Waals surface area contributed by atoms with Crippen molar-refractivity contribution in [3.8, 4) is 11.5 Å². The molecule has 114 valence electrons. The Bertz CT molecular complexity index is 566. The molecule has 0 heterocycles. The average molecular weight is 290 g/mol. The quantitative estimate of drug-likeness (QED) is 0.908. The van der Waals surface area contributed by atoms with Crippen molar-refractivity contribution in [2.24, 2.45) is 5.92 Å². The van der Waals surface area contributed by atoms with Gasteiger partial charge < -0.3 is 14.6 Å². The first-order valence-electron chi connectivity index (χ1n) is 7.53. The van der Waals surface area contributed by atoms with Gasteiger partial charge in [0.05, 0.1) is 19.8 Å². The predicted octanol–water partition coefficient (Wildman–Crippen LogP) is 2.29. The SMILES string of the molecule is COc1cc2c(cc1OC)CC1(O)CC(=O)CCC1CC2. The van der Waals surface area contributed by atoms with Gasteiger partial charge in [-0.05, 0) is 48.4 Å². The van der Waals surface area contributed by atoms with Crippen molar-refractivity contribution in [2.75, 3.05) is 14.2 Å². The van der Waals surface area contributed by atoms with Crippen LogP contribution >= 0.6 is 0 Å². The zero-order valence-electron chi connectivity index (χ0n) is 12.6. The molecule has 2 aliphatic rings. The van der Waals surface area contributed by atoms with Crippen LogP contribution in [-0.2, 0) is 17.6 Å². The molecule has 0 aromatic heterocycles. The summed E-state index contributed by atoms with van der Waals surface area (Å²) in [5, 5.41) is 11.0. The number of carbonyl (C=O) groups excluding carboxylic acids is 1. The van der Waals surface area contributed by atoms with Crippen LogP contribution in [0.25, 0.3) is 0 Å². The van der Waals surface area contributed by atoms with Gasteiger partial charge in [-0.25, -0.2) is 0 Å². The highest BCUT2D eigenvalue weighted by atomic mass is 16.5. The normalized spacial score (nSPS) is 28.3. The van der Waals surface area contributed by atoms with Crippen molar-refractivity contribution in [3.63, 3.8) is 0 Å². The second-order valence-corrected chi connectivity index (χ2v) is 6.25. The molecule has 1 aromatic carbocycles. The third-order valence-electron chi connectivity index (χ3n) is 5.00. The second-order valence-electron chi connectivity index (χ2n) is 6.25. The predicted molar refractivity (Wildman–Crippen MR) is 78.9 cm³/mol. The standard InChI is InChI=1S/C17H22O4/c1-20-15-7-11-3-4-13-5-6-14(18)10-17(13,19)9-12(11)8-16(15)21-2/h7-8,13,19H,3-6,9-10H2,1-2H3. The Labute approximate surface area is 125 Å². The van der Waals surface area contributed by atoms with Gasteiger partial charge in [0.25, 0.3) is 0 Å². The van der Waals surface area contributed by atoms with Crippen molar-refractivity contribution in [1.29, 1.82) is 0 Å². The lowest BCUT2D eigenvalue weighted by atomic mass is 9.71. The lowest BCUT2D eigenvalue weighted by molar-refractivity contribution is -0.133. The van der Waals surface area contributed by atoms with Crippen LogP contribution in [0.2, 0.25) is 0 Å². The number of benzene rings is 1. The molecule has 2 unspecified atom stereocenters. The Hall–Kier alpha value is -1.55. The van der Waals surface area contributed by atoms with Crippen molar-refractivity contribution < 1.29 is 19.4 Å². The number of hydrogen-bond acceptors (Lipinski definition) is 4. The van der Waals surface area contributed by atoms with Gasteiger partial charge in [-0.15, -0.1) is 0 Å². The molecule has 0 saturated heterocycles. The number of ether oxygens (including phenoxy) is 2. The molecule has 2 aliphatic carbocycles. The van der Waals surface area contributed by atoms with E-state index in [0.29, 0.717) is 18.6 Å². The van der Waals surface area contributed by atoms with Gasteiger partial charge in [-0.3, -0.25) is 4.79 Å². The van der Waals surface area contributed by atoms with E-state index in [-0.39, 0.29) is 18.1 Å². The summed E-state index contributed by atoms with van der Waals surface area (Å²) in [5.74, 6) is 1.79. The topological polar surface area (TPSA) is 55.8 Å². The van der Waals surface area contributed by atoms with Crippen LogP contribution in [0.5, 0.6) is 11.5 Å². The van der Waals surface area contributed by atoms with Gasteiger partial charge in [0.2, 0.25) is 0 Å². The van der Waals surface area contributed by atoms with E-state index >= 15 is 0 Å². The van der Waals surface area contributed by atoms with Gasteiger partial charge in [0, 0.05) is 19.3 Å². The summed E-state index contributed by atoms with van der Waals surface area (Å²) >= 11 is 0. The summed E-state index contributed by atoms with van der Waals surface area (Å²) in [6.45, 7) is 0. The van der Waals surface area contributed by atoms with Crippen LogP contribution in [0.4, 0.5) is 0 Å². The fourth-order valence-electron chi connectivity index (χ4n) is 3.82. The monoisotopic (exact) mass is 290 g/mol. The Balaban J connectivity index is 2.00. The molecule has 0 amide bonds. The maximum Gasteiger partial charge on any atom is 0.161 e. The van der Waals surface area contributed by atoms with Gasteiger partial charge in [-0.2, -0.15) is 0 Å². The van der Waals surface area contributed by atoms with Crippen molar-refractivity contribution in [2.45, 2.75) is 44.1 Å². The number of fused-ring (bicyclic) bond motifs is 2. The summed E-state index contributed by atoms with van der Waals surface area (Å²) in [7, 11) is 3.25. The Kier molecular flexibility index (Phi) is 3.66. The molecule has 21 heavy (non-hydrogen) atoms. The summed E-state index contributed by atoms with van der Waals surface area (Å²) in [5.41, 5.74) is 1.38. The lowest BCUT2D eigenvalue weighted by Crippen LogP contribution is -2.45. The minimum atomic E-state index is -0.889. The first kappa shape index (κ1) is 14.4. The maximum atomic E-state index is 11.8. The van der Waals surface area contributed by atoms with Crippen LogP contribution < -0.4 is 9.47 Å². The molecule has 3 rings (SSSR count). The third kappa shape index (κ3) is 2.53. The zero-order chi connectivity index (χ0) is 15.0. The fraction of sp³-hybridized carbons (Fsp3) is 0.588. The van der Waals surface area contributed by atoms with Gasteiger partial charge in [0.15, 0.2) is 11.5 Å². The molecular weight excluding hydrogens is 268 g/mol. The van der Waals surface area contributed by atoms with Crippen molar-refractivity contribution >= 4 is 5.78 Å². The number of carbonyl (C=O) groups is 1. The molecule has 1 N–H and O–H groups in total. The van der Waals surface area contributed by atoms with Crippen molar-refractivity contribution in [1.82, 2.24) is 0 Å². The van der Waals surface area contributed by atoms with E-state index in [1.807, 2.05) is 12.1 Å². The number of aliphatic hydroxyl groups is 1. The molecule has 0 radical (unpaired) electrons. The summed E-state index contributed by atoms with van der Waals surface area (Å²) in [6.07, 6.45) is 4.06. The van der Waals surface area contributed by atoms with Gasteiger partial charge >= 0.3 is 0 Å². The zero-order valence-corrected chi connectivity index (χ0v) is 12.6. The van der Waals surface area contributed by atoms with E-state index in [1.165, 1.54) is 5.56 Å². The van der Waals surface area contributed by atoms with E-state index in [0.717, 1.165) is 30.6 Å². The molecule has 1 saturated carbocycles. The molecule has 0 bridgehead atoms. The molecule has 4 heteroatoms. The number of Topliss-reactive ketones (excluding diaryl/α,β-unsaturated/α-hetero) is 1. The highest BCUT2D eigenvalue weighted by molar-refractivity contribution is 5.80. The summed E-state index contributed by atoms with van der Waals surface area (Å²) in [6, 6.07) is 3.96. The first-order chi connectivity index (χ1) is 10.1. The largest absolute Gasteiger partial charge is 0.493 e. The van der Waals surface area contributed by atoms with Crippen LogP contribution in [0.3, 0.4) is 0 Å². The van der Waals surface area contributed by atoms with E-state index < -0.39 is 5.60 Å². The Morgan fingerprint density at radius 2 is 1.67 bits per heavy atom. The van der Waals surface area contributed by atoms with Crippen LogP contribution in [-0.4, -0.2) is 30.7 Å². The first-order valence-corrected chi connectivity index (χ1v) is 7.53. The Morgan fingerprint density at radius 3 is 2.33 bits per heavy atom. The average Bonchev–Trinajstić information content (AvgIpc) is 2.59. The van der Waals surface area contributed by atoms with Crippen LogP contribution in [0.15, 0.2) is 12.1 Å². The number of hydrogen-bond donors (Lipinski definition) is 1. The molecular formula is C17H22O4. The van der Waals surface area contributed by atoms with E-state index in [1.54, 1.807) is 14.2 Å². The molecule has 2 atom stereocenters. The summed E-state index contributed by atoms with van der Waals surface area (Å²) < 4.78 is 10.7. The third-order valence-corrected chi connectivity index (χ3v) is 5.00. The van der Waals surface area contributed by atoms with E-state index in [2.05, 4.69) is 0 Å². The van der Waals surface area contributed by atoms with E-state index in [9.17, 15) is 9.90 Å². The number of ketones is 1. The molecule has 4 nitrogen and oxygen atoms in total.